The number of phenolic OH excluding ortho intramolecular Hbond substituents is 2. The smallest absolute Gasteiger partial charge is 0.160 e. The van der Waals surface area contributed by atoms with Gasteiger partial charge in [-0.05, 0) is 79.4 Å². The molecule has 124 valence electrons. The summed E-state index contributed by atoms with van der Waals surface area (Å²) < 4.78 is 0. The molecule has 2 N–H and O–H groups in total. The van der Waals surface area contributed by atoms with Crippen LogP contribution in [0.25, 0.3) is 0 Å². The largest absolute Gasteiger partial charge is 0.504 e. The van der Waals surface area contributed by atoms with Crippen molar-refractivity contribution < 1.29 is 10.2 Å². The molecule has 0 amide bonds. The molecule has 2 heteroatoms. The molecule has 0 heterocycles. The highest BCUT2D eigenvalue weighted by atomic mass is 16.3. The van der Waals surface area contributed by atoms with E-state index in [-0.39, 0.29) is 11.5 Å². The number of hydrogen-bond acceptors (Lipinski definition) is 2. The van der Waals surface area contributed by atoms with Crippen LogP contribution >= 0.6 is 0 Å². The van der Waals surface area contributed by atoms with Crippen LogP contribution in [0.5, 0.6) is 11.5 Å². The molecule has 0 aromatic heterocycles. The Bertz CT molecular complexity index is 507. The van der Waals surface area contributed by atoms with E-state index in [0.29, 0.717) is 10.8 Å². The zero-order valence-electron chi connectivity index (χ0n) is 14.7. The molecule has 0 saturated heterocycles. The van der Waals surface area contributed by atoms with Crippen molar-refractivity contribution in [1.82, 2.24) is 0 Å². The normalized spacial score (nSPS) is 16.7. The van der Waals surface area contributed by atoms with Crippen LogP contribution < -0.4 is 0 Å². The zero-order valence-corrected chi connectivity index (χ0v) is 14.7. The summed E-state index contributed by atoms with van der Waals surface area (Å²) in [6.45, 7) is 9.11. The Morgan fingerprint density at radius 1 is 1.05 bits per heavy atom. The van der Waals surface area contributed by atoms with Crippen molar-refractivity contribution >= 4 is 0 Å². The average Bonchev–Trinajstić information content (AvgIpc) is 3.11. The van der Waals surface area contributed by atoms with Gasteiger partial charge in [-0.15, -0.1) is 0 Å². The molecule has 1 fully saturated rings. The number of aromatic hydroxyl groups is 2. The van der Waals surface area contributed by atoms with Crippen molar-refractivity contribution in [3.05, 3.63) is 23.3 Å². The highest BCUT2D eigenvalue weighted by molar-refractivity contribution is 5.47. The van der Waals surface area contributed by atoms with Gasteiger partial charge in [0.2, 0.25) is 0 Å². The van der Waals surface area contributed by atoms with E-state index in [1.807, 2.05) is 0 Å². The predicted molar refractivity (Wildman–Crippen MR) is 92.4 cm³/mol. The van der Waals surface area contributed by atoms with E-state index in [9.17, 15) is 10.2 Å². The first-order chi connectivity index (χ1) is 10.2. The number of rotatable bonds is 7. The Labute approximate surface area is 135 Å². The third-order valence-corrected chi connectivity index (χ3v) is 4.95. The Balaban J connectivity index is 1.93. The SMILES string of the molecule is CC(C)(C)CCCc1cc(O)c(O)c(CCCC2(C)CC2)c1. The molecule has 1 saturated carbocycles. The number of benzene rings is 1. The van der Waals surface area contributed by atoms with Crippen molar-refractivity contribution in [2.75, 3.05) is 0 Å². The fourth-order valence-corrected chi connectivity index (χ4v) is 3.07. The molecule has 2 rings (SSSR count). The minimum atomic E-state index is 0.0425. The lowest BCUT2D eigenvalue weighted by molar-refractivity contribution is 0.365. The summed E-state index contributed by atoms with van der Waals surface area (Å²) in [6, 6.07) is 3.82. The lowest BCUT2D eigenvalue weighted by Crippen LogP contribution is -2.05. The average molecular weight is 304 g/mol. The van der Waals surface area contributed by atoms with Gasteiger partial charge in [0.25, 0.3) is 0 Å². The number of phenols is 2. The van der Waals surface area contributed by atoms with Gasteiger partial charge in [0.1, 0.15) is 0 Å². The Morgan fingerprint density at radius 3 is 2.32 bits per heavy atom. The lowest BCUT2D eigenvalue weighted by Gasteiger charge is -2.18. The van der Waals surface area contributed by atoms with E-state index in [1.165, 1.54) is 25.7 Å². The van der Waals surface area contributed by atoms with Crippen LogP contribution in [0.2, 0.25) is 0 Å². The summed E-state index contributed by atoms with van der Waals surface area (Å²) in [4.78, 5) is 0. The van der Waals surface area contributed by atoms with E-state index < -0.39 is 0 Å². The second kappa shape index (κ2) is 6.52. The molecule has 0 bridgehead atoms. The maximum absolute atomic E-state index is 10.1. The topological polar surface area (TPSA) is 40.5 Å². The monoisotopic (exact) mass is 304 g/mol. The maximum Gasteiger partial charge on any atom is 0.160 e. The lowest BCUT2D eigenvalue weighted by atomic mass is 9.88. The van der Waals surface area contributed by atoms with Crippen LogP contribution in [0.3, 0.4) is 0 Å². The van der Waals surface area contributed by atoms with E-state index in [2.05, 4.69) is 33.8 Å². The van der Waals surface area contributed by atoms with Crippen LogP contribution in [0.4, 0.5) is 0 Å². The van der Waals surface area contributed by atoms with Crippen molar-refractivity contribution in [3.63, 3.8) is 0 Å². The molecule has 0 atom stereocenters. The van der Waals surface area contributed by atoms with Crippen molar-refractivity contribution in [2.45, 2.75) is 79.1 Å². The quantitative estimate of drug-likeness (QED) is 0.645. The summed E-state index contributed by atoms with van der Waals surface area (Å²) in [5.74, 6) is 0.126. The van der Waals surface area contributed by atoms with Crippen molar-refractivity contribution in [1.29, 1.82) is 0 Å². The maximum atomic E-state index is 10.1. The Kier molecular flexibility index (Phi) is 5.09. The van der Waals surface area contributed by atoms with Crippen LogP contribution in [0, 0.1) is 10.8 Å². The molecule has 0 unspecified atom stereocenters. The molecule has 0 spiro atoms. The standard InChI is InChI=1S/C20H32O2/c1-19(2,3)9-5-7-15-13-16(18(22)17(21)14-15)8-6-10-20(4)11-12-20/h13-14,21-22H,5-12H2,1-4H3. The number of aryl methyl sites for hydroxylation is 2. The molecule has 2 nitrogen and oxygen atoms in total. The van der Waals surface area contributed by atoms with Crippen LogP contribution in [-0.4, -0.2) is 10.2 Å². The molecule has 22 heavy (non-hydrogen) atoms. The summed E-state index contributed by atoms with van der Waals surface area (Å²) in [7, 11) is 0. The molecule has 0 aliphatic heterocycles. The summed E-state index contributed by atoms with van der Waals surface area (Å²) >= 11 is 0. The third kappa shape index (κ3) is 5.23. The van der Waals surface area contributed by atoms with Crippen molar-refractivity contribution in [2.24, 2.45) is 10.8 Å². The van der Waals surface area contributed by atoms with E-state index in [4.69, 9.17) is 0 Å². The van der Waals surface area contributed by atoms with E-state index in [0.717, 1.165) is 36.8 Å². The first kappa shape index (κ1) is 17.2. The summed E-state index contributed by atoms with van der Waals surface area (Å²) in [6.07, 6.45) is 9.12. The van der Waals surface area contributed by atoms with Crippen LogP contribution in [-0.2, 0) is 12.8 Å². The second-order valence-electron chi connectivity index (χ2n) is 8.70. The highest BCUT2D eigenvalue weighted by Crippen LogP contribution is 2.49. The fraction of sp³-hybridized carbons (Fsp3) is 0.700. The second-order valence-corrected chi connectivity index (χ2v) is 8.70. The molecule has 0 radical (unpaired) electrons. The van der Waals surface area contributed by atoms with Crippen LogP contribution in [0.15, 0.2) is 12.1 Å². The van der Waals surface area contributed by atoms with Gasteiger partial charge in [-0.2, -0.15) is 0 Å². The molecular weight excluding hydrogens is 272 g/mol. The van der Waals surface area contributed by atoms with Gasteiger partial charge in [-0.1, -0.05) is 33.8 Å². The first-order valence-electron chi connectivity index (χ1n) is 8.72. The first-order valence-corrected chi connectivity index (χ1v) is 8.72. The number of hydrogen-bond donors (Lipinski definition) is 2. The molecular formula is C20H32O2. The van der Waals surface area contributed by atoms with Gasteiger partial charge in [0.05, 0.1) is 0 Å². The van der Waals surface area contributed by atoms with Gasteiger partial charge in [0.15, 0.2) is 11.5 Å². The third-order valence-electron chi connectivity index (χ3n) is 4.95. The van der Waals surface area contributed by atoms with Gasteiger partial charge < -0.3 is 10.2 Å². The molecule has 1 aromatic rings. The minimum absolute atomic E-state index is 0.0425. The highest BCUT2D eigenvalue weighted by Gasteiger charge is 2.36. The van der Waals surface area contributed by atoms with Gasteiger partial charge >= 0.3 is 0 Å². The summed E-state index contributed by atoms with van der Waals surface area (Å²) in [5.41, 5.74) is 2.96. The van der Waals surface area contributed by atoms with Gasteiger partial charge in [0, 0.05) is 0 Å². The van der Waals surface area contributed by atoms with Gasteiger partial charge in [-0.3, -0.25) is 0 Å². The fourth-order valence-electron chi connectivity index (χ4n) is 3.07. The van der Waals surface area contributed by atoms with Crippen LogP contribution in [0.1, 0.15) is 77.3 Å². The zero-order chi connectivity index (χ0) is 16.4. The Hall–Kier alpha value is -1.18. The molecule has 1 aliphatic carbocycles. The van der Waals surface area contributed by atoms with Crippen molar-refractivity contribution in [3.8, 4) is 11.5 Å². The molecule has 1 aliphatic rings. The van der Waals surface area contributed by atoms with Gasteiger partial charge in [-0.25, -0.2) is 0 Å². The summed E-state index contributed by atoms with van der Waals surface area (Å²) in [5, 5.41) is 20.0. The van der Waals surface area contributed by atoms with E-state index in [1.54, 1.807) is 6.07 Å². The van der Waals surface area contributed by atoms with E-state index >= 15 is 0 Å². The predicted octanol–water partition coefficient (Wildman–Crippen LogP) is 5.59. The minimum Gasteiger partial charge on any atom is -0.504 e. The Morgan fingerprint density at radius 2 is 1.73 bits per heavy atom. The molecule has 1 aromatic carbocycles.